The lowest BCUT2D eigenvalue weighted by atomic mass is 9.85. The number of aromatic nitrogens is 2. The van der Waals surface area contributed by atoms with Crippen LogP contribution in [0.5, 0.6) is 5.75 Å². The van der Waals surface area contributed by atoms with Crippen molar-refractivity contribution in [2.45, 2.75) is 63.3 Å². The largest absolute Gasteiger partial charge is 0.487 e. The highest BCUT2D eigenvalue weighted by Crippen LogP contribution is 2.48. The Hall–Kier alpha value is -4.08. The molecule has 42 heavy (non-hydrogen) atoms. The van der Waals surface area contributed by atoms with Crippen LogP contribution < -0.4 is 4.74 Å². The SMILES string of the molecule is CC1Cc2c(OCc3ccc(-c4ccccc4)cn3)ccc3c2c(c(CC(C)(C)CC#N)n3Cc2ccc(F)cc2)S1. The van der Waals surface area contributed by atoms with E-state index in [9.17, 15) is 9.65 Å². The number of hydrogen-bond acceptors (Lipinski definition) is 4. The minimum absolute atomic E-state index is 0.182. The maximum atomic E-state index is 13.7. The van der Waals surface area contributed by atoms with Gasteiger partial charge in [0, 0.05) is 51.5 Å². The molecule has 0 aliphatic carbocycles. The Balaban J connectivity index is 1.37. The quantitative estimate of drug-likeness (QED) is 0.176. The van der Waals surface area contributed by atoms with Gasteiger partial charge in [-0.15, -0.1) is 11.8 Å². The second-order valence-electron chi connectivity index (χ2n) is 11.9. The van der Waals surface area contributed by atoms with Gasteiger partial charge < -0.3 is 9.30 Å². The predicted octanol–water partition coefficient (Wildman–Crippen LogP) is 8.99. The average molecular weight is 576 g/mol. The fourth-order valence-corrected chi connectivity index (χ4v) is 7.14. The second kappa shape index (κ2) is 11.7. The highest BCUT2D eigenvalue weighted by atomic mass is 32.2. The number of rotatable bonds is 9. The van der Waals surface area contributed by atoms with Gasteiger partial charge in [0.25, 0.3) is 0 Å². The van der Waals surface area contributed by atoms with Crippen LogP contribution in [0.25, 0.3) is 22.0 Å². The van der Waals surface area contributed by atoms with E-state index in [1.54, 1.807) is 0 Å². The van der Waals surface area contributed by atoms with Crippen LogP contribution in [0.4, 0.5) is 4.39 Å². The van der Waals surface area contributed by atoms with Gasteiger partial charge in [0.1, 0.15) is 18.2 Å². The Labute approximate surface area is 251 Å². The molecule has 1 unspecified atom stereocenters. The monoisotopic (exact) mass is 575 g/mol. The Morgan fingerprint density at radius 1 is 1.02 bits per heavy atom. The molecule has 0 radical (unpaired) electrons. The third kappa shape index (κ3) is 5.80. The summed E-state index contributed by atoms with van der Waals surface area (Å²) in [5.41, 5.74) is 7.60. The van der Waals surface area contributed by atoms with Gasteiger partial charge in [0.15, 0.2) is 0 Å². The third-order valence-corrected chi connectivity index (χ3v) is 9.17. The van der Waals surface area contributed by atoms with Crippen LogP contribution in [0.3, 0.4) is 0 Å². The van der Waals surface area contributed by atoms with Crippen molar-refractivity contribution in [3.8, 4) is 22.9 Å². The number of nitrogens with zero attached hydrogens (tertiary/aromatic N) is 3. The van der Waals surface area contributed by atoms with Crippen LogP contribution in [-0.2, 0) is 26.0 Å². The lowest BCUT2D eigenvalue weighted by Gasteiger charge is -2.25. The molecule has 1 aliphatic rings. The molecule has 4 nitrogen and oxygen atoms in total. The number of hydrogen-bond donors (Lipinski definition) is 0. The minimum atomic E-state index is -0.234. The molecule has 0 saturated carbocycles. The van der Waals surface area contributed by atoms with Crippen molar-refractivity contribution in [2.24, 2.45) is 5.41 Å². The summed E-state index contributed by atoms with van der Waals surface area (Å²) in [6.45, 7) is 7.61. The number of ether oxygens (including phenoxy) is 1. The standard InChI is InChI=1S/C36H34FN3OS/c1-24-19-30-33(41-23-29-14-11-27(21-39-29)26-7-5-4-6-8-26)16-15-31-34(30)35(42-24)32(20-36(2,3)17-18-38)40(31)22-25-9-12-28(37)13-10-25/h4-16,21,24H,17,19-20,22-23H2,1-3H3. The molecule has 212 valence electrons. The molecule has 5 aromatic rings. The van der Waals surface area contributed by atoms with Crippen LogP contribution in [-0.4, -0.2) is 14.8 Å². The van der Waals surface area contributed by atoms with Gasteiger partial charge >= 0.3 is 0 Å². The van der Waals surface area contributed by atoms with E-state index in [1.807, 2.05) is 54.4 Å². The summed E-state index contributed by atoms with van der Waals surface area (Å²) in [5, 5.41) is 11.1. The lowest BCUT2D eigenvalue weighted by Crippen LogP contribution is -2.18. The zero-order chi connectivity index (χ0) is 29.3. The van der Waals surface area contributed by atoms with Crippen LogP contribution >= 0.6 is 11.8 Å². The van der Waals surface area contributed by atoms with E-state index in [0.717, 1.165) is 46.5 Å². The molecular weight excluding hydrogens is 541 g/mol. The molecule has 6 rings (SSSR count). The Kier molecular flexibility index (Phi) is 7.79. The van der Waals surface area contributed by atoms with Crippen LogP contribution in [0.1, 0.15) is 49.7 Å². The van der Waals surface area contributed by atoms with Crippen LogP contribution in [0.15, 0.2) is 90.0 Å². The summed E-state index contributed by atoms with van der Waals surface area (Å²) >= 11 is 1.91. The fourth-order valence-electron chi connectivity index (χ4n) is 5.82. The first kappa shape index (κ1) is 28.1. The van der Waals surface area contributed by atoms with E-state index in [1.165, 1.54) is 33.7 Å². The lowest BCUT2D eigenvalue weighted by molar-refractivity contribution is 0.298. The van der Waals surface area contributed by atoms with E-state index in [-0.39, 0.29) is 11.2 Å². The van der Waals surface area contributed by atoms with Gasteiger partial charge in [0.2, 0.25) is 0 Å². The molecule has 1 aliphatic heterocycles. The van der Waals surface area contributed by atoms with Crippen molar-refractivity contribution in [1.82, 2.24) is 9.55 Å². The first-order valence-electron chi connectivity index (χ1n) is 14.4. The van der Waals surface area contributed by atoms with Crippen molar-refractivity contribution in [3.05, 3.63) is 113 Å². The zero-order valence-electron chi connectivity index (χ0n) is 24.2. The summed E-state index contributed by atoms with van der Waals surface area (Å²) in [7, 11) is 0. The first-order valence-corrected chi connectivity index (χ1v) is 15.3. The minimum Gasteiger partial charge on any atom is -0.487 e. The molecule has 0 spiro atoms. The molecule has 0 fully saturated rings. The highest BCUT2D eigenvalue weighted by Gasteiger charge is 2.31. The Bertz CT molecular complexity index is 1750. The average Bonchev–Trinajstić information content (AvgIpc) is 3.26. The van der Waals surface area contributed by atoms with Gasteiger partial charge in [-0.3, -0.25) is 4.98 Å². The summed E-state index contributed by atoms with van der Waals surface area (Å²) in [4.78, 5) is 5.96. The number of benzene rings is 3. The number of pyridine rings is 1. The molecule has 0 N–H and O–H groups in total. The molecule has 0 saturated heterocycles. The Morgan fingerprint density at radius 3 is 2.52 bits per heavy atom. The summed E-state index contributed by atoms with van der Waals surface area (Å²) in [6, 6.07) is 27.8. The van der Waals surface area contributed by atoms with E-state index in [4.69, 9.17) is 4.74 Å². The summed E-state index contributed by atoms with van der Waals surface area (Å²) in [6.07, 6.45) is 4.07. The number of thioether (sulfide) groups is 1. The predicted molar refractivity (Wildman–Crippen MR) is 168 cm³/mol. The fraction of sp³-hybridized carbons (Fsp3) is 0.278. The molecule has 3 heterocycles. The van der Waals surface area contributed by atoms with Gasteiger partial charge in [-0.05, 0) is 59.7 Å². The van der Waals surface area contributed by atoms with Crippen molar-refractivity contribution in [2.75, 3.05) is 0 Å². The summed E-state index contributed by atoms with van der Waals surface area (Å²) in [5.74, 6) is 0.661. The number of nitriles is 1. The van der Waals surface area contributed by atoms with Gasteiger partial charge in [-0.25, -0.2) is 4.39 Å². The maximum Gasteiger partial charge on any atom is 0.130 e. The van der Waals surface area contributed by atoms with E-state index in [0.29, 0.717) is 24.8 Å². The van der Waals surface area contributed by atoms with Crippen LogP contribution in [0, 0.1) is 22.6 Å². The highest BCUT2D eigenvalue weighted by molar-refractivity contribution is 8.00. The van der Waals surface area contributed by atoms with E-state index < -0.39 is 0 Å². The van der Waals surface area contributed by atoms with Crippen molar-refractivity contribution >= 4 is 22.7 Å². The molecule has 2 aromatic heterocycles. The maximum absolute atomic E-state index is 13.7. The van der Waals surface area contributed by atoms with E-state index in [2.05, 4.69) is 66.7 Å². The molecule has 6 heteroatoms. The number of halogens is 1. The first-order chi connectivity index (χ1) is 20.3. The smallest absolute Gasteiger partial charge is 0.130 e. The van der Waals surface area contributed by atoms with Gasteiger partial charge in [-0.1, -0.05) is 69.3 Å². The van der Waals surface area contributed by atoms with Gasteiger partial charge in [0.05, 0.1) is 17.3 Å². The molecule has 3 aromatic carbocycles. The topological polar surface area (TPSA) is 50.8 Å². The van der Waals surface area contributed by atoms with Crippen molar-refractivity contribution in [1.29, 1.82) is 5.26 Å². The molecule has 0 bridgehead atoms. The second-order valence-corrected chi connectivity index (χ2v) is 13.4. The Morgan fingerprint density at radius 2 is 1.81 bits per heavy atom. The molecule has 1 atom stereocenters. The molecule has 0 amide bonds. The molecular formula is C36H34FN3OS. The van der Waals surface area contributed by atoms with E-state index >= 15 is 0 Å². The zero-order valence-corrected chi connectivity index (χ0v) is 25.0. The normalized spacial score (nSPS) is 14.6. The van der Waals surface area contributed by atoms with Crippen LogP contribution in [0.2, 0.25) is 0 Å². The van der Waals surface area contributed by atoms with Crippen molar-refractivity contribution < 1.29 is 9.13 Å². The third-order valence-electron chi connectivity index (χ3n) is 7.93. The van der Waals surface area contributed by atoms with Gasteiger partial charge in [-0.2, -0.15) is 5.26 Å². The van der Waals surface area contributed by atoms with Crippen molar-refractivity contribution in [3.63, 3.8) is 0 Å². The summed E-state index contributed by atoms with van der Waals surface area (Å²) < 4.78 is 22.5.